The Hall–Kier alpha value is -1.13. The zero-order valence-electron chi connectivity index (χ0n) is 10.4. The van der Waals surface area contributed by atoms with Gasteiger partial charge in [0.2, 0.25) is 0 Å². The lowest BCUT2D eigenvalue weighted by Crippen LogP contribution is -2.17. The predicted molar refractivity (Wildman–Crippen MR) is 76.3 cm³/mol. The highest BCUT2D eigenvalue weighted by Crippen LogP contribution is 2.33. The van der Waals surface area contributed by atoms with Crippen LogP contribution in [0.3, 0.4) is 0 Å². The summed E-state index contributed by atoms with van der Waals surface area (Å²) in [5.41, 5.74) is 3.75. The van der Waals surface area contributed by atoms with Gasteiger partial charge in [-0.15, -0.1) is 0 Å². The monoisotopic (exact) mass is 305 g/mol. The summed E-state index contributed by atoms with van der Waals surface area (Å²) in [6, 6.07) is 8.84. The Kier molecular flexibility index (Phi) is 3.22. The second-order valence-corrected chi connectivity index (χ2v) is 5.64. The van der Waals surface area contributed by atoms with Crippen molar-refractivity contribution in [1.29, 1.82) is 0 Å². The molecule has 1 aromatic carbocycles. The maximum atomic E-state index is 4.43. The largest absolute Gasteiger partial charge is 0.309 e. The predicted octanol–water partition coefficient (Wildman–Crippen LogP) is 3.27. The molecule has 0 radical (unpaired) electrons. The van der Waals surface area contributed by atoms with Crippen molar-refractivity contribution in [2.75, 3.05) is 6.54 Å². The molecule has 3 nitrogen and oxygen atoms in total. The third-order valence-electron chi connectivity index (χ3n) is 3.51. The number of rotatable bonds is 2. The molecule has 1 saturated heterocycles. The highest BCUT2D eigenvalue weighted by Gasteiger charge is 2.23. The first-order chi connectivity index (χ1) is 8.75. The van der Waals surface area contributed by atoms with E-state index in [-0.39, 0.29) is 0 Å². The number of nitrogens with one attached hydrogen (secondary N) is 1. The Balaban J connectivity index is 2.07. The van der Waals surface area contributed by atoms with Gasteiger partial charge in [0, 0.05) is 23.1 Å². The van der Waals surface area contributed by atoms with Crippen molar-refractivity contribution in [3.05, 3.63) is 40.6 Å². The van der Waals surface area contributed by atoms with Crippen LogP contribution in [0.2, 0.25) is 0 Å². The molecule has 1 aliphatic rings. The Labute approximate surface area is 115 Å². The van der Waals surface area contributed by atoms with Crippen LogP contribution in [0.15, 0.2) is 34.9 Å². The number of nitrogens with zero attached hydrogens (tertiary/aromatic N) is 2. The Bertz CT molecular complexity index is 556. The summed E-state index contributed by atoms with van der Waals surface area (Å²) >= 11 is 3.53. The van der Waals surface area contributed by atoms with Gasteiger partial charge in [0.05, 0.1) is 11.9 Å². The third kappa shape index (κ3) is 2.10. The fourth-order valence-electron chi connectivity index (χ4n) is 2.66. The average molecular weight is 306 g/mol. The van der Waals surface area contributed by atoms with E-state index in [4.69, 9.17) is 0 Å². The summed E-state index contributed by atoms with van der Waals surface area (Å²) < 4.78 is 3.10. The highest BCUT2D eigenvalue weighted by atomic mass is 79.9. The van der Waals surface area contributed by atoms with Crippen molar-refractivity contribution in [3.63, 3.8) is 0 Å². The van der Waals surface area contributed by atoms with E-state index in [0.717, 1.165) is 11.0 Å². The van der Waals surface area contributed by atoms with E-state index in [0.29, 0.717) is 6.04 Å². The quantitative estimate of drug-likeness (QED) is 0.923. The van der Waals surface area contributed by atoms with Crippen LogP contribution in [0, 0.1) is 0 Å². The molecule has 1 atom stereocenters. The topological polar surface area (TPSA) is 29.9 Å². The molecule has 1 unspecified atom stereocenters. The third-order valence-corrected chi connectivity index (χ3v) is 4.00. The molecular weight excluding hydrogens is 290 g/mol. The van der Waals surface area contributed by atoms with Gasteiger partial charge in [0.15, 0.2) is 0 Å². The standard InChI is InChI=1S/C14H16BrN3/c1-18-14(13-6-3-7-16-13)12(9-17-18)10-4-2-5-11(15)8-10/h2,4-5,8-9,13,16H,3,6-7H2,1H3. The molecule has 1 aliphatic heterocycles. The summed E-state index contributed by atoms with van der Waals surface area (Å²) in [7, 11) is 2.02. The number of halogens is 1. The molecule has 1 aromatic heterocycles. The lowest BCUT2D eigenvalue weighted by Gasteiger charge is -2.14. The first-order valence-corrected chi connectivity index (χ1v) is 7.06. The van der Waals surface area contributed by atoms with Gasteiger partial charge >= 0.3 is 0 Å². The fourth-order valence-corrected chi connectivity index (χ4v) is 3.06. The molecule has 3 rings (SSSR count). The summed E-state index contributed by atoms with van der Waals surface area (Å²) in [6.07, 6.45) is 4.41. The van der Waals surface area contributed by atoms with Crippen LogP contribution in [-0.4, -0.2) is 16.3 Å². The maximum absolute atomic E-state index is 4.43. The number of hydrogen-bond acceptors (Lipinski definition) is 2. The Morgan fingerprint density at radius 2 is 2.33 bits per heavy atom. The number of aromatic nitrogens is 2. The van der Waals surface area contributed by atoms with Crippen LogP contribution in [-0.2, 0) is 7.05 Å². The van der Waals surface area contributed by atoms with E-state index in [1.54, 1.807) is 0 Å². The van der Waals surface area contributed by atoms with E-state index in [2.05, 4.69) is 44.5 Å². The molecule has 2 aromatic rings. The second-order valence-electron chi connectivity index (χ2n) is 4.73. The van der Waals surface area contributed by atoms with Crippen molar-refractivity contribution >= 4 is 15.9 Å². The minimum absolute atomic E-state index is 0.437. The first-order valence-electron chi connectivity index (χ1n) is 6.27. The van der Waals surface area contributed by atoms with Gasteiger partial charge in [-0.1, -0.05) is 28.1 Å². The highest BCUT2D eigenvalue weighted by molar-refractivity contribution is 9.10. The van der Waals surface area contributed by atoms with Crippen molar-refractivity contribution in [1.82, 2.24) is 15.1 Å². The van der Waals surface area contributed by atoms with Gasteiger partial charge in [-0.2, -0.15) is 5.10 Å². The number of benzene rings is 1. The summed E-state index contributed by atoms with van der Waals surface area (Å²) in [4.78, 5) is 0. The molecule has 0 aliphatic carbocycles. The molecular formula is C14H16BrN3. The lowest BCUT2D eigenvalue weighted by molar-refractivity contribution is 0.575. The van der Waals surface area contributed by atoms with E-state index >= 15 is 0 Å². The molecule has 1 fully saturated rings. The van der Waals surface area contributed by atoms with Gasteiger partial charge in [-0.05, 0) is 37.1 Å². The van der Waals surface area contributed by atoms with E-state index < -0.39 is 0 Å². The van der Waals surface area contributed by atoms with E-state index in [1.807, 2.05) is 24.0 Å². The number of hydrogen-bond donors (Lipinski definition) is 1. The van der Waals surface area contributed by atoms with Crippen LogP contribution in [0.25, 0.3) is 11.1 Å². The van der Waals surface area contributed by atoms with Gasteiger partial charge < -0.3 is 5.32 Å². The normalized spacial score (nSPS) is 19.3. The fraction of sp³-hybridized carbons (Fsp3) is 0.357. The molecule has 0 bridgehead atoms. The zero-order valence-corrected chi connectivity index (χ0v) is 11.9. The molecule has 4 heteroatoms. The molecule has 0 spiro atoms. The maximum Gasteiger partial charge on any atom is 0.0628 e. The summed E-state index contributed by atoms with van der Waals surface area (Å²) in [6.45, 7) is 1.10. The van der Waals surface area contributed by atoms with Gasteiger partial charge in [-0.25, -0.2) is 0 Å². The minimum atomic E-state index is 0.437. The SMILES string of the molecule is Cn1ncc(-c2cccc(Br)c2)c1C1CCCN1. The number of aryl methyl sites for hydroxylation is 1. The van der Waals surface area contributed by atoms with Crippen LogP contribution in [0.5, 0.6) is 0 Å². The van der Waals surface area contributed by atoms with Crippen LogP contribution in [0.1, 0.15) is 24.6 Å². The van der Waals surface area contributed by atoms with Crippen LogP contribution >= 0.6 is 15.9 Å². The molecule has 1 N–H and O–H groups in total. The van der Waals surface area contributed by atoms with Gasteiger partial charge in [-0.3, -0.25) is 4.68 Å². The van der Waals surface area contributed by atoms with Crippen LogP contribution < -0.4 is 5.32 Å². The van der Waals surface area contributed by atoms with Crippen molar-refractivity contribution in [2.24, 2.45) is 7.05 Å². The second kappa shape index (κ2) is 4.86. The summed E-state index contributed by atoms with van der Waals surface area (Å²) in [5, 5.41) is 7.98. The lowest BCUT2D eigenvalue weighted by atomic mass is 10.0. The van der Waals surface area contributed by atoms with Crippen LogP contribution in [0.4, 0.5) is 0 Å². The zero-order chi connectivity index (χ0) is 12.5. The molecule has 0 saturated carbocycles. The molecule has 0 amide bonds. The van der Waals surface area contributed by atoms with Gasteiger partial charge in [0.1, 0.15) is 0 Å². The Morgan fingerprint density at radius 1 is 1.44 bits per heavy atom. The molecule has 2 heterocycles. The molecule has 18 heavy (non-hydrogen) atoms. The summed E-state index contributed by atoms with van der Waals surface area (Å²) in [5.74, 6) is 0. The van der Waals surface area contributed by atoms with Crippen molar-refractivity contribution < 1.29 is 0 Å². The van der Waals surface area contributed by atoms with Gasteiger partial charge in [0.25, 0.3) is 0 Å². The van der Waals surface area contributed by atoms with E-state index in [1.165, 1.54) is 29.7 Å². The minimum Gasteiger partial charge on any atom is -0.309 e. The van der Waals surface area contributed by atoms with E-state index in [9.17, 15) is 0 Å². The van der Waals surface area contributed by atoms with Crippen molar-refractivity contribution in [3.8, 4) is 11.1 Å². The smallest absolute Gasteiger partial charge is 0.0628 e. The average Bonchev–Trinajstić information content (AvgIpc) is 2.97. The first kappa shape index (κ1) is 11.9. The Morgan fingerprint density at radius 3 is 3.06 bits per heavy atom. The van der Waals surface area contributed by atoms with Crippen molar-refractivity contribution in [2.45, 2.75) is 18.9 Å². The molecule has 94 valence electrons.